The molecule has 0 bridgehead atoms. The number of hydrogen-bond acceptors (Lipinski definition) is 5. The predicted octanol–water partition coefficient (Wildman–Crippen LogP) is 4.23. The third-order valence-corrected chi connectivity index (χ3v) is 3.77. The van der Waals surface area contributed by atoms with Crippen molar-refractivity contribution >= 4 is 23.6 Å². The first-order valence-electron chi connectivity index (χ1n) is 9.11. The quantitative estimate of drug-likeness (QED) is 0.655. The van der Waals surface area contributed by atoms with Crippen LogP contribution in [0, 0.1) is 0 Å². The molecule has 2 aromatic carbocycles. The van der Waals surface area contributed by atoms with E-state index in [1.165, 1.54) is 25.3 Å². The van der Waals surface area contributed by atoms with Gasteiger partial charge in [-0.25, -0.2) is 4.79 Å². The average molecular weight is 399 g/mol. The van der Waals surface area contributed by atoms with E-state index in [1.54, 1.807) is 12.1 Å². The van der Waals surface area contributed by atoms with Gasteiger partial charge in [-0.05, 0) is 56.7 Å². The molecule has 29 heavy (non-hydrogen) atoms. The van der Waals surface area contributed by atoms with Gasteiger partial charge in [-0.1, -0.05) is 18.2 Å². The molecule has 0 radical (unpaired) electrons. The summed E-state index contributed by atoms with van der Waals surface area (Å²) in [5.41, 5.74) is 1.25. The molecule has 0 aliphatic heterocycles. The van der Waals surface area contributed by atoms with Crippen molar-refractivity contribution in [2.45, 2.75) is 26.9 Å². The fourth-order valence-corrected chi connectivity index (χ4v) is 2.55. The number of rotatable bonds is 9. The van der Waals surface area contributed by atoms with Gasteiger partial charge in [-0.3, -0.25) is 4.79 Å². The molecule has 0 unspecified atom stereocenters. The van der Waals surface area contributed by atoms with Crippen LogP contribution in [-0.4, -0.2) is 36.8 Å². The van der Waals surface area contributed by atoms with Gasteiger partial charge in [0.05, 0.1) is 24.5 Å². The zero-order valence-corrected chi connectivity index (χ0v) is 16.9. The van der Waals surface area contributed by atoms with Crippen molar-refractivity contribution in [3.05, 3.63) is 53.6 Å². The Morgan fingerprint density at radius 1 is 1.10 bits per heavy atom. The number of carboxylic acid groups (broad SMARTS) is 1. The van der Waals surface area contributed by atoms with Crippen LogP contribution in [0.15, 0.2) is 42.5 Å². The van der Waals surface area contributed by atoms with E-state index in [2.05, 4.69) is 5.32 Å². The second-order valence-electron chi connectivity index (χ2n) is 6.43. The third kappa shape index (κ3) is 6.27. The topological polar surface area (TPSA) is 94.1 Å². The Balaban J connectivity index is 2.12. The highest BCUT2D eigenvalue weighted by Crippen LogP contribution is 2.29. The molecule has 1 amide bonds. The van der Waals surface area contributed by atoms with E-state index in [9.17, 15) is 14.7 Å². The maximum Gasteiger partial charge on any atom is 0.335 e. The highest BCUT2D eigenvalue weighted by atomic mass is 16.5. The number of allylic oxidation sites excluding steroid dienone is 1. The van der Waals surface area contributed by atoms with Crippen LogP contribution in [0.1, 0.15) is 36.7 Å². The molecule has 0 saturated carbocycles. The first kappa shape index (κ1) is 21.8. The summed E-state index contributed by atoms with van der Waals surface area (Å²) in [6, 6.07) is 9.66. The van der Waals surface area contributed by atoms with Crippen molar-refractivity contribution in [3.63, 3.8) is 0 Å². The molecule has 0 fully saturated rings. The van der Waals surface area contributed by atoms with Crippen LogP contribution in [0.2, 0.25) is 0 Å². The summed E-state index contributed by atoms with van der Waals surface area (Å²) in [6.45, 7) is 5.31. The number of methoxy groups -OCH3 is 1. The zero-order valence-electron chi connectivity index (χ0n) is 16.9. The summed E-state index contributed by atoms with van der Waals surface area (Å²) >= 11 is 0. The lowest BCUT2D eigenvalue weighted by atomic mass is 10.2. The molecule has 0 aliphatic rings. The SMILES string of the molecule is C/C=C/c1ccc(OCC(=O)Nc2cc(C(=O)O)ccc2OC(C)C)c(OC)c1. The molecule has 154 valence electrons. The van der Waals surface area contributed by atoms with Crippen molar-refractivity contribution < 1.29 is 28.9 Å². The lowest BCUT2D eigenvalue weighted by molar-refractivity contribution is -0.118. The van der Waals surface area contributed by atoms with E-state index in [1.807, 2.05) is 39.0 Å². The van der Waals surface area contributed by atoms with E-state index in [4.69, 9.17) is 14.2 Å². The van der Waals surface area contributed by atoms with Crippen LogP contribution in [0.4, 0.5) is 5.69 Å². The predicted molar refractivity (Wildman–Crippen MR) is 111 cm³/mol. The second kappa shape index (κ2) is 10.2. The Labute approximate surface area is 169 Å². The molecule has 2 aromatic rings. The van der Waals surface area contributed by atoms with Crippen LogP contribution >= 0.6 is 0 Å². The van der Waals surface area contributed by atoms with Gasteiger partial charge in [0.25, 0.3) is 5.91 Å². The number of carbonyl (C=O) groups excluding carboxylic acids is 1. The average Bonchev–Trinajstić information content (AvgIpc) is 2.67. The van der Waals surface area contributed by atoms with Crippen LogP contribution in [0.25, 0.3) is 6.08 Å². The van der Waals surface area contributed by atoms with E-state index in [0.717, 1.165) is 5.56 Å². The lowest BCUT2D eigenvalue weighted by Gasteiger charge is -2.16. The number of aromatic carboxylic acids is 1. The molecule has 0 aliphatic carbocycles. The largest absolute Gasteiger partial charge is 0.493 e. The molecule has 7 nitrogen and oxygen atoms in total. The number of carboxylic acids is 1. The monoisotopic (exact) mass is 399 g/mol. The standard InChI is InChI=1S/C22H25NO6/c1-5-6-15-7-9-19(20(11-15)27-4)28-13-21(24)23-17-12-16(22(25)26)8-10-18(17)29-14(2)3/h5-12,14H,13H2,1-4H3,(H,23,24)(H,25,26)/b6-5+. The van der Waals surface area contributed by atoms with Gasteiger partial charge in [-0.2, -0.15) is 0 Å². The minimum absolute atomic E-state index is 0.0403. The maximum atomic E-state index is 12.4. The van der Waals surface area contributed by atoms with Gasteiger partial charge in [-0.15, -0.1) is 0 Å². The molecular formula is C22H25NO6. The van der Waals surface area contributed by atoms with Gasteiger partial charge in [0.1, 0.15) is 5.75 Å². The number of amides is 1. The van der Waals surface area contributed by atoms with Gasteiger partial charge in [0, 0.05) is 0 Å². The maximum absolute atomic E-state index is 12.4. The summed E-state index contributed by atoms with van der Waals surface area (Å²) in [7, 11) is 1.52. The van der Waals surface area contributed by atoms with E-state index in [0.29, 0.717) is 17.2 Å². The number of benzene rings is 2. The lowest BCUT2D eigenvalue weighted by Crippen LogP contribution is -2.21. The van der Waals surface area contributed by atoms with Crippen molar-refractivity contribution in [3.8, 4) is 17.2 Å². The first-order chi connectivity index (χ1) is 13.8. The first-order valence-corrected chi connectivity index (χ1v) is 9.11. The zero-order chi connectivity index (χ0) is 21.4. The number of carbonyl (C=O) groups is 2. The van der Waals surface area contributed by atoms with Crippen LogP contribution < -0.4 is 19.5 Å². The Morgan fingerprint density at radius 3 is 2.45 bits per heavy atom. The van der Waals surface area contributed by atoms with Crippen molar-refractivity contribution in [2.24, 2.45) is 0 Å². The highest BCUT2D eigenvalue weighted by Gasteiger charge is 2.14. The van der Waals surface area contributed by atoms with E-state index < -0.39 is 11.9 Å². The summed E-state index contributed by atoms with van der Waals surface area (Å²) in [5.74, 6) is -0.245. The number of nitrogens with one attached hydrogen (secondary N) is 1. The van der Waals surface area contributed by atoms with Gasteiger partial charge in [0.2, 0.25) is 0 Å². The Kier molecular flexibility index (Phi) is 7.65. The van der Waals surface area contributed by atoms with Gasteiger partial charge >= 0.3 is 5.97 Å². The number of ether oxygens (including phenoxy) is 3. The minimum atomic E-state index is -1.10. The smallest absolute Gasteiger partial charge is 0.335 e. The third-order valence-electron chi connectivity index (χ3n) is 3.77. The molecule has 2 N–H and O–H groups in total. The molecule has 0 heterocycles. The fraction of sp³-hybridized carbons (Fsp3) is 0.273. The molecule has 2 rings (SSSR count). The van der Waals surface area contributed by atoms with Crippen LogP contribution in [-0.2, 0) is 4.79 Å². The molecule has 0 aromatic heterocycles. The molecular weight excluding hydrogens is 374 g/mol. The fourth-order valence-electron chi connectivity index (χ4n) is 2.55. The molecule has 7 heteroatoms. The number of anilines is 1. The number of hydrogen-bond donors (Lipinski definition) is 2. The van der Waals surface area contributed by atoms with E-state index >= 15 is 0 Å². The van der Waals surface area contributed by atoms with Crippen molar-refractivity contribution in [1.29, 1.82) is 0 Å². The summed E-state index contributed by atoms with van der Waals surface area (Å²) < 4.78 is 16.5. The van der Waals surface area contributed by atoms with Gasteiger partial charge < -0.3 is 24.6 Å². The molecule has 0 spiro atoms. The molecule has 0 atom stereocenters. The molecule has 0 saturated heterocycles. The van der Waals surface area contributed by atoms with Gasteiger partial charge in [0.15, 0.2) is 18.1 Å². The highest BCUT2D eigenvalue weighted by molar-refractivity contribution is 5.96. The van der Waals surface area contributed by atoms with Crippen LogP contribution in [0.3, 0.4) is 0 Å². The minimum Gasteiger partial charge on any atom is -0.493 e. The van der Waals surface area contributed by atoms with Crippen LogP contribution in [0.5, 0.6) is 17.2 Å². The summed E-state index contributed by atoms with van der Waals surface area (Å²) in [4.78, 5) is 23.6. The summed E-state index contributed by atoms with van der Waals surface area (Å²) in [6.07, 6.45) is 3.69. The summed E-state index contributed by atoms with van der Waals surface area (Å²) in [5, 5.41) is 11.8. The van der Waals surface area contributed by atoms with E-state index in [-0.39, 0.29) is 24.0 Å². The van der Waals surface area contributed by atoms with Crippen molar-refractivity contribution in [2.75, 3.05) is 19.0 Å². The van der Waals surface area contributed by atoms with Crippen molar-refractivity contribution in [1.82, 2.24) is 0 Å². The Bertz CT molecular complexity index is 904. The Morgan fingerprint density at radius 2 is 1.83 bits per heavy atom. The Hall–Kier alpha value is -3.48. The normalized spacial score (nSPS) is 10.8. The second-order valence-corrected chi connectivity index (χ2v) is 6.43.